The first-order chi connectivity index (χ1) is 43.2. The van der Waals surface area contributed by atoms with Gasteiger partial charge in [-0.3, -0.25) is 31.9 Å². The van der Waals surface area contributed by atoms with Crippen LogP contribution in [0.25, 0.3) is 0 Å². The van der Waals surface area contributed by atoms with Crippen LogP contribution in [-0.2, 0) is 70.8 Å². The van der Waals surface area contributed by atoms with Gasteiger partial charge < -0.3 is 25.4 Å². The van der Waals surface area contributed by atoms with Crippen LogP contribution in [0.3, 0.4) is 0 Å². The average molecular weight is 1430 g/mol. The molecule has 0 atom stereocenters. The Morgan fingerprint density at radius 2 is 0.710 bits per heavy atom. The molecule has 93 heavy (non-hydrogen) atoms. The fraction of sp³-hybridized carbons (Fsp3) is 0.204. The van der Waals surface area contributed by atoms with E-state index in [0.717, 1.165) is 48.5 Å². The van der Waals surface area contributed by atoms with E-state index >= 15 is 0 Å². The fourth-order valence-corrected chi connectivity index (χ4v) is 11.0. The highest BCUT2D eigenvalue weighted by Crippen LogP contribution is 2.40. The van der Waals surface area contributed by atoms with Gasteiger partial charge in [0, 0.05) is 18.7 Å². The van der Waals surface area contributed by atoms with E-state index in [0.29, 0.717) is 0 Å². The summed E-state index contributed by atoms with van der Waals surface area (Å²) in [5.41, 5.74) is -0.468. The number of hydrogen-bond acceptors (Lipinski definition) is 30. The lowest BCUT2D eigenvalue weighted by molar-refractivity contribution is 0.317. The van der Waals surface area contributed by atoms with Crippen molar-refractivity contribution < 1.29 is 100 Å². The highest BCUT2D eigenvalue weighted by atomic mass is 32.2. The number of hydrogen-bond donors (Lipinski definition) is 10. The molecule has 0 saturated heterocycles. The third kappa shape index (κ3) is 22.4. The van der Waals surface area contributed by atoms with Crippen molar-refractivity contribution in [3.63, 3.8) is 0 Å². The predicted molar refractivity (Wildman–Crippen MR) is 328 cm³/mol. The second-order valence-electron chi connectivity index (χ2n) is 19.0. The Bertz CT molecular complexity index is 4670. The molecule has 0 aliphatic carbocycles. The van der Waals surface area contributed by atoms with Gasteiger partial charge in [0.05, 0.1) is 85.8 Å². The van der Waals surface area contributed by atoms with Crippen molar-refractivity contribution in [2.45, 2.75) is 46.3 Å². The van der Waals surface area contributed by atoms with Crippen LogP contribution in [-0.4, -0.2) is 143 Å². The summed E-state index contributed by atoms with van der Waals surface area (Å²) in [6, 6.07) is 20.7. The maximum Gasteiger partial charge on any atom is 0.296 e. The maximum absolute atomic E-state index is 12.6. The van der Waals surface area contributed by atoms with Crippen molar-refractivity contribution in [1.82, 2.24) is 15.0 Å². The zero-order valence-corrected chi connectivity index (χ0v) is 53.2. The molecule has 496 valence electrons. The number of nitrogens with one attached hydrogen (secondary N) is 3. The molecule has 7 aromatic rings. The van der Waals surface area contributed by atoms with E-state index in [1.54, 1.807) is 0 Å². The molecule has 1 aromatic heterocycles. The van der Waals surface area contributed by atoms with E-state index in [2.05, 4.69) is 71.8 Å². The molecule has 0 fully saturated rings. The minimum Gasteiger partial charge on any atom is -0.491 e. The van der Waals surface area contributed by atoms with Crippen LogP contribution >= 0.6 is 0 Å². The van der Waals surface area contributed by atoms with Gasteiger partial charge in [-0.25, -0.2) is 0 Å². The van der Waals surface area contributed by atoms with E-state index < -0.39 is 126 Å². The van der Waals surface area contributed by atoms with Crippen molar-refractivity contribution >= 4 is 146 Å². The lowest BCUT2D eigenvalue weighted by atomic mass is 10.1. The summed E-state index contributed by atoms with van der Waals surface area (Å²) < 4.78 is 245. The monoisotopic (exact) mass is 1430 g/mol. The van der Waals surface area contributed by atoms with E-state index in [-0.39, 0.29) is 112 Å². The van der Waals surface area contributed by atoms with E-state index in [1.165, 1.54) is 74.5 Å². The van der Waals surface area contributed by atoms with Crippen molar-refractivity contribution in [2.75, 3.05) is 53.0 Å². The summed E-state index contributed by atoms with van der Waals surface area (Å²) in [6.45, 7) is 1.74. The third-order valence-corrected chi connectivity index (χ3v) is 17.6. The van der Waals surface area contributed by atoms with Crippen molar-refractivity contribution in [1.29, 1.82) is 0 Å². The quantitative estimate of drug-likeness (QED) is 0.0114. The Labute approximate surface area is 529 Å². The van der Waals surface area contributed by atoms with Crippen LogP contribution < -0.4 is 25.4 Å². The molecule has 10 N–H and O–H groups in total. The first-order valence-corrected chi connectivity index (χ1v) is 36.3. The Hall–Kier alpha value is -8.90. The molecule has 0 saturated carbocycles. The second-order valence-corrected chi connectivity index (χ2v) is 29.3. The van der Waals surface area contributed by atoms with Crippen molar-refractivity contribution in [3.05, 3.63) is 120 Å². The molecule has 1 heterocycles. The number of rotatable bonds is 30. The van der Waals surface area contributed by atoms with Gasteiger partial charge in [0.25, 0.3) is 70.8 Å². The number of benzene rings is 6. The summed E-state index contributed by atoms with van der Waals surface area (Å²) in [4.78, 5) is 10.6. The summed E-state index contributed by atoms with van der Waals surface area (Å²) in [5.74, 6) is -3.72. The highest BCUT2D eigenvalue weighted by molar-refractivity contribution is 7.87. The van der Waals surface area contributed by atoms with Gasteiger partial charge in [0.15, 0.2) is 0 Å². The molecule has 0 unspecified atom stereocenters. The molecule has 0 bridgehead atoms. The van der Waals surface area contributed by atoms with E-state index in [1.807, 2.05) is 0 Å². The summed E-state index contributed by atoms with van der Waals surface area (Å²) in [7, 11) is -32.7. The number of nitrogens with zero attached hydrogens (tertiary/aromatic N) is 11. The van der Waals surface area contributed by atoms with Crippen LogP contribution in [0.15, 0.2) is 170 Å². The number of anilines is 5. The number of azo groups is 4. The lowest BCUT2D eigenvalue weighted by Crippen LogP contribution is -2.17. The number of aromatic nitrogens is 3. The topological polar surface area (TPSA) is 573 Å². The smallest absolute Gasteiger partial charge is 0.296 e. The van der Waals surface area contributed by atoms with E-state index in [4.69, 9.17) is 9.47 Å². The van der Waals surface area contributed by atoms with Gasteiger partial charge in [0.2, 0.25) is 17.8 Å². The van der Waals surface area contributed by atoms with Crippen LogP contribution in [0.1, 0.15) is 24.0 Å². The van der Waals surface area contributed by atoms with Gasteiger partial charge >= 0.3 is 0 Å². The SMILES string of the molecule is Cc1cc(Nc2nc(NCCS(=O)(=O)O)nc(Nc3cc(C)c(N=Nc4ccc(N=Nc5ccc(S(=O)(=O)O)cc5)cc4S(=O)(=O)O)cc3OCCCS(=O)(=O)O)n2)c(OCCCS(=O)(=O)O)cc1N=Nc1ccc(N=Nc2ccc(S(=O)(=O)O)cc2)cc1S(=O)(=O)O. The second kappa shape index (κ2) is 29.4. The molecular weight excluding hydrogens is 1380 g/mol. The molecule has 44 heteroatoms. The molecular formula is C49H50N14O23S7. The van der Waals surface area contributed by atoms with Crippen molar-refractivity contribution in [2.24, 2.45) is 40.9 Å². The van der Waals surface area contributed by atoms with Gasteiger partial charge in [0.1, 0.15) is 32.7 Å². The zero-order chi connectivity index (χ0) is 68.3. The first-order valence-electron chi connectivity index (χ1n) is 25.7. The Morgan fingerprint density at radius 3 is 1.05 bits per heavy atom. The van der Waals surface area contributed by atoms with Gasteiger partial charge in [-0.1, -0.05) is 0 Å². The number of ether oxygens (including phenoxy) is 2. The third-order valence-electron chi connectivity index (χ3n) is 11.8. The normalized spacial score (nSPS) is 12.9. The molecule has 0 aliphatic heterocycles. The molecule has 0 aliphatic rings. The minimum absolute atomic E-state index is 0.00347. The van der Waals surface area contributed by atoms with E-state index in [9.17, 15) is 90.8 Å². The lowest BCUT2D eigenvalue weighted by Gasteiger charge is -2.17. The van der Waals surface area contributed by atoms with Crippen LogP contribution in [0.4, 0.5) is 74.7 Å². The van der Waals surface area contributed by atoms with Crippen LogP contribution in [0.5, 0.6) is 11.5 Å². The molecule has 7 rings (SSSR count). The highest BCUT2D eigenvalue weighted by Gasteiger charge is 2.22. The van der Waals surface area contributed by atoms with Gasteiger partial charge in [-0.05, 0) is 135 Å². The Kier molecular flexibility index (Phi) is 22.6. The van der Waals surface area contributed by atoms with Gasteiger partial charge in [-0.2, -0.15) is 105 Å². The molecule has 37 nitrogen and oxygen atoms in total. The first kappa shape index (κ1) is 71.5. The molecule has 6 aromatic carbocycles. The summed E-state index contributed by atoms with van der Waals surface area (Å²) in [5, 5.41) is 40.4. The van der Waals surface area contributed by atoms with Crippen LogP contribution in [0.2, 0.25) is 0 Å². The van der Waals surface area contributed by atoms with Gasteiger partial charge in [-0.15, -0.1) is 10.2 Å². The summed E-state index contributed by atoms with van der Waals surface area (Å²) >= 11 is 0. The Morgan fingerprint density at radius 1 is 0.376 bits per heavy atom. The average Bonchev–Trinajstić information content (AvgIpc) is 0.831. The maximum atomic E-state index is 12.6. The van der Waals surface area contributed by atoms with Crippen LogP contribution in [0, 0.1) is 13.8 Å². The minimum atomic E-state index is -5.05. The Balaban J connectivity index is 1.23. The van der Waals surface area contributed by atoms with Crippen molar-refractivity contribution in [3.8, 4) is 11.5 Å². The molecule has 0 spiro atoms. The standard InChI is InChI=1S/C49H50N14O23S7/c1-29-23-41(43(85-18-3-20-87(64,65)66)27-39(29)62-60-37-15-9-33(25-45(37)92(79,80)81)58-56-31-5-11-35(12-6-31)90(73,74)75)51-48-53-47(50-17-22-89(70,71)72)54-49(55-48)52-42-24-30(2)40(28-44(42)86-19-4-21-88(67,68)69)63-61-38-16-10-34(26-46(38)93(82,83)84)59-57-32-7-13-36(14-8-32)91(76,77)78/h5-16,23-28H,3-4,17-22H2,1-2H3,(H,64,65,66)(H,67,68,69)(H,70,71,72)(H,73,74,75)(H,76,77,78)(H,79,80,81)(H,82,83,84)(H3,50,51,52,53,54,55). The molecule has 0 amide bonds. The summed E-state index contributed by atoms with van der Waals surface area (Å²) in [6.07, 6.45) is -0.558. The molecule has 0 radical (unpaired) electrons. The number of aryl methyl sites for hydroxylation is 2. The largest absolute Gasteiger partial charge is 0.491 e. The fourth-order valence-electron chi connectivity index (χ4n) is 7.48. The zero-order valence-electron chi connectivity index (χ0n) is 47.5. The predicted octanol–water partition coefficient (Wildman–Crippen LogP) is 9.24.